The number of carbonyl (C=O) groups excluding carboxylic acids is 2. The molecular formula is C27H31F3N4O2. The molecule has 0 spiro atoms. The number of aliphatic imine (C=N–C) groups is 1. The Morgan fingerprint density at radius 3 is 2.17 bits per heavy atom. The molecule has 0 radical (unpaired) electrons. The molecule has 6 nitrogen and oxygen atoms in total. The lowest BCUT2D eigenvalue weighted by Crippen LogP contribution is -2.51. The van der Waals surface area contributed by atoms with Crippen molar-refractivity contribution in [1.82, 2.24) is 15.1 Å². The third-order valence-electron chi connectivity index (χ3n) is 6.64. The van der Waals surface area contributed by atoms with Gasteiger partial charge < -0.3 is 15.1 Å². The van der Waals surface area contributed by atoms with E-state index in [0.717, 1.165) is 24.5 Å². The first-order valence-corrected chi connectivity index (χ1v) is 12.4. The Morgan fingerprint density at radius 1 is 0.944 bits per heavy atom. The van der Waals surface area contributed by atoms with Gasteiger partial charge in [-0.1, -0.05) is 55.8 Å². The summed E-state index contributed by atoms with van der Waals surface area (Å²) in [6.07, 6.45) is -1.35. The second-order valence-electron chi connectivity index (χ2n) is 9.27. The van der Waals surface area contributed by atoms with E-state index in [0.29, 0.717) is 38.3 Å². The quantitative estimate of drug-likeness (QED) is 0.349. The molecule has 9 heteroatoms. The molecule has 2 aliphatic rings. The summed E-state index contributed by atoms with van der Waals surface area (Å²) in [6.45, 7) is 4.01. The first-order chi connectivity index (χ1) is 17.2. The molecule has 1 saturated heterocycles. The Kier molecular flexibility index (Phi) is 7.66. The average Bonchev–Trinajstić information content (AvgIpc) is 3.68. The average molecular weight is 501 g/mol. The summed E-state index contributed by atoms with van der Waals surface area (Å²) in [5.41, 5.74) is -1.17. The largest absolute Gasteiger partial charge is 0.417 e. The van der Waals surface area contributed by atoms with Crippen molar-refractivity contribution >= 4 is 17.6 Å². The van der Waals surface area contributed by atoms with Crippen LogP contribution in [0.15, 0.2) is 59.6 Å². The molecular weight excluding hydrogens is 469 g/mol. The van der Waals surface area contributed by atoms with Crippen LogP contribution in [0.2, 0.25) is 0 Å². The normalized spacial score (nSPS) is 17.6. The third kappa shape index (κ3) is 5.71. The number of hydrogen-bond acceptors (Lipinski definition) is 3. The van der Waals surface area contributed by atoms with Crippen LogP contribution < -0.4 is 5.32 Å². The number of amidine groups is 1. The van der Waals surface area contributed by atoms with E-state index in [4.69, 9.17) is 4.99 Å². The standard InChI is InChI=1S/C27H31F3N4O2/c1-2-3-15-31-25(36)26(13-14-26)32-23(20-9-5-4-6-10-20)33-16-18-34(19-17-33)24(35)21-11-7-8-12-22(21)27(28,29)30/h4-12H,2-3,13-19H2,1H3,(H,31,36). The molecule has 2 aromatic carbocycles. The molecule has 36 heavy (non-hydrogen) atoms. The van der Waals surface area contributed by atoms with Crippen molar-refractivity contribution in [3.05, 3.63) is 71.3 Å². The Labute approximate surface area is 209 Å². The van der Waals surface area contributed by atoms with Crippen LogP contribution in [-0.2, 0) is 11.0 Å². The van der Waals surface area contributed by atoms with Crippen LogP contribution in [0.1, 0.15) is 54.1 Å². The van der Waals surface area contributed by atoms with Gasteiger partial charge in [0.15, 0.2) is 0 Å². The van der Waals surface area contributed by atoms with Gasteiger partial charge in [0.05, 0.1) is 11.1 Å². The van der Waals surface area contributed by atoms with Gasteiger partial charge in [-0.2, -0.15) is 13.2 Å². The fraction of sp³-hybridized carbons (Fsp3) is 0.444. The Morgan fingerprint density at radius 2 is 1.56 bits per heavy atom. The summed E-state index contributed by atoms with van der Waals surface area (Å²) in [7, 11) is 0. The maximum Gasteiger partial charge on any atom is 0.417 e. The van der Waals surface area contributed by atoms with E-state index in [1.165, 1.54) is 23.1 Å². The van der Waals surface area contributed by atoms with Crippen LogP contribution in [-0.4, -0.2) is 65.7 Å². The lowest BCUT2D eigenvalue weighted by atomic mass is 10.1. The topological polar surface area (TPSA) is 65.0 Å². The van der Waals surface area contributed by atoms with E-state index in [1.807, 2.05) is 35.2 Å². The molecule has 2 aromatic rings. The van der Waals surface area contributed by atoms with Crippen molar-refractivity contribution in [3.63, 3.8) is 0 Å². The highest BCUT2D eigenvalue weighted by Crippen LogP contribution is 2.41. The molecule has 1 aliphatic heterocycles. The Balaban J connectivity index is 1.52. The molecule has 2 amide bonds. The second-order valence-corrected chi connectivity index (χ2v) is 9.27. The van der Waals surface area contributed by atoms with Gasteiger partial charge >= 0.3 is 6.18 Å². The van der Waals surface area contributed by atoms with Crippen molar-refractivity contribution in [2.45, 2.75) is 44.3 Å². The zero-order chi connectivity index (χ0) is 25.8. The monoisotopic (exact) mass is 500 g/mol. The van der Waals surface area contributed by atoms with E-state index >= 15 is 0 Å². The van der Waals surface area contributed by atoms with Crippen molar-refractivity contribution < 1.29 is 22.8 Å². The molecule has 0 atom stereocenters. The molecule has 192 valence electrons. The molecule has 0 aromatic heterocycles. The maximum atomic E-state index is 13.4. The number of alkyl halides is 3. The zero-order valence-electron chi connectivity index (χ0n) is 20.4. The summed E-state index contributed by atoms with van der Waals surface area (Å²) in [5.74, 6) is -0.0155. The third-order valence-corrected chi connectivity index (χ3v) is 6.64. The van der Waals surface area contributed by atoms with Crippen molar-refractivity contribution in [2.24, 2.45) is 4.99 Å². The molecule has 1 saturated carbocycles. The van der Waals surface area contributed by atoms with Gasteiger partial charge in [0.25, 0.3) is 5.91 Å². The first kappa shape index (κ1) is 25.7. The van der Waals surface area contributed by atoms with Gasteiger partial charge in [-0.05, 0) is 31.4 Å². The van der Waals surface area contributed by atoms with Gasteiger partial charge in [-0.15, -0.1) is 0 Å². The predicted octanol–water partition coefficient (Wildman–Crippen LogP) is 4.36. The van der Waals surface area contributed by atoms with Gasteiger partial charge in [-0.3, -0.25) is 14.6 Å². The summed E-state index contributed by atoms with van der Waals surface area (Å²) >= 11 is 0. The van der Waals surface area contributed by atoms with E-state index in [1.54, 1.807) is 0 Å². The number of nitrogens with one attached hydrogen (secondary N) is 1. The Bertz CT molecular complexity index is 1110. The number of amides is 2. The second kappa shape index (κ2) is 10.7. The zero-order valence-corrected chi connectivity index (χ0v) is 20.4. The summed E-state index contributed by atoms with van der Waals surface area (Å²) in [4.78, 5) is 34.3. The van der Waals surface area contributed by atoms with Crippen LogP contribution in [0.5, 0.6) is 0 Å². The van der Waals surface area contributed by atoms with Gasteiger partial charge in [0.1, 0.15) is 11.4 Å². The summed E-state index contributed by atoms with van der Waals surface area (Å²) < 4.78 is 40.3. The predicted molar refractivity (Wildman–Crippen MR) is 132 cm³/mol. The minimum atomic E-state index is -4.60. The van der Waals surface area contributed by atoms with Gasteiger partial charge in [-0.25, -0.2) is 0 Å². The van der Waals surface area contributed by atoms with E-state index < -0.39 is 23.2 Å². The number of rotatable bonds is 7. The molecule has 4 rings (SSSR count). The highest BCUT2D eigenvalue weighted by Gasteiger charge is 2.50. The molecule has 2 fully saturated rings. The number of benzene rings is 2. The van der Waals surface area contributed by atoms with Crippen LogP contribution in [0.3, 0.4) is 0 Å². The molecule has 0 bridgehead atoms. The van der Waals surface area contributed by atoms with E-state index in [-0.39, 0.29) is 24.6 Å². The van der Waals surface area contributed by atoms with Crippen molar-refractivity contribution in [2.75, 3.05) is 32.7 Å². The lowest BCUT2D eigenvalue weighted by Gasteiger charge is -2.37. The van der Waals surface area contributed by atoms with Gasteiger partial charge in [0.2, 0.25) is 5.91 Å². The molecule has 1 aliphatic carbocycles. The van der Waals surface area contributed by atoms with Crippen LogP contribution in [0, 0.1) is 0 Å². The minimum absolute atomic E-state index is 0.0676. The first-order valence-electron chi connectivity index (χ1n) is 12.4. The van der Waals surface area contributed by atoms with Crippen LogP contribution in [0.25, 0.3) is 0 Å². The van der Waals surface area contributed by atoms with Crippen LogP contribution >= 0.6 is 0 Å². The summed E-state index contributed by atoms with van der Waals surface area (Å²) in [6, 6.07) is 14.5. The minimum Gasteiger partial charge on any atom is -0.354 e. The molecule has 0 unspecified atom stereocenters. The highest BCUT2D eigenvalue weighted by atomic mass is 19.4. The fourth-order valence-corrected chi connectivity index (χ4v) is 4.37. The van der Waals surface area contributed by atoms with Crippen molar-refractivity contribution in [3.8, 4) is 0 Å². The SMILES string of the molecule is CCCCNC(=O)C1(N=C(c2ccccc2)N2CCN(C(=O)c3ccccc3C(F)(F)F)CC2)CC1. The fourth-order valence-electron chi connectivity index (χ4n) is 4.37. The van der Waals surface area contributed by atoms with E-state index in [9.17, 15) is 22.8 Å². The number of nitrogens with zero attached hydrogens (tertiary/aromatic N) is 3. The van der Waals surface area contributed by atoms with Crippen LogP contribution in [0.4, 0.5) is 13.2 Å². The number of hydrogen-bond donors (Lipinski definition) is 1. The number of carbonyl (C=O) groups is 2. The van der Waals surface area contributed by atoms with Gasteiger partial charge in [0, 0.05) is 38.3 Å². The number of halogens is 3. The summed E-state index contributed by atoms with van der Waals surface area (Å²) in [5, 5.41) is 2.99. The maximum absolute atomic E-state index is 13.4. The number of piperazine rings is 1. The molecule has 1 heterocycles. The lowest BCUT2D eigenvalue weighted by molar-refractivity contribution is -0.138. The van der Waals surface area contributed by atoms with E-state index in [2.05, 4.69) is 12.2 Å². The number of unbranched alkanes of at least 4 members (excludes halogenated alkanes) is 1. The Hall–Kier alpha value is -3.36. The smallest absolute Gasteiger partial charge is 0.354 e. The molecule has 1 N–H and O–H groups in total. The van der Waals surface area contributed by atoms with Crippen molar-refractivity contribution in [1.29, 1.82) is 0 Å². The highest BCUT2D eigenvalue weighted by molar-refractivity contribution is 6.02.